The van der Waals surface area contributed by atoms with E-state index in [9.17, 15) is 9.59 Å². The van der Waals surface area contributed by atoms with Crippen LogP contribution in [0.1, 0.15) is 13.3 Å². The Morgan fingerprint density at radius 1 is 1.59 bits per heavy atom. The van der Waals surface area contributed by atoms with Crippen LogP contribution in [0.15, 0.2) is 0 Å². The maximum absolute atomic E-state index is 11.7. The molecule has 17 heavy (non-hydrogen) atoms. The molecule has 0 aromatic rings. The number of carboxylic acid groups (broad SMARTS) is 1. The van der Waals surface area contributed by atoms with E-state index in [2.05, 4.69) is 5.32 Å². The van der Waals surface area contributed by atoms with Crippen LogP contribution in [0.25, 0.3) is 0 Å². The molecule has 1 aliphatic heterocycles. The maximum Gasteiger partial charge on any atom is 0.332 e. The van der Waals surface area contributed by atoms with Gasteiger partial charge in [-0.05, 0) is 6.92 Å². The van der Waals surface area contributed by atoms with Gasteiger partial charge in [0, 0.05) is 37.1 Å². The summed E-state index contributed by atoms with van der Waals surface area (Å²) in [7, 11) is 0. The Bertz CT molecular complexity index is 287. The predicted molar refractivity (Wildman–Crippen MR) is 65.2 cm³/mol. The van der Waals surface area contributed by atoms with Gasteiger partial charge in [-0.25, -0.2) is 9.59 Å². The first kappa shape index (κ1) is 14.1. The molecule has 6 nitrogen and oxygen atoms in total. The highest BCUT2D eigenvalue weighted by Gasteiger charge is 2.23. The van der Waals surface area contributed by atoms with E-state index < -0.39 is 12.1 Å². The van der Waals surface area contributed by atoms with E-state index in [0.717, 1.165) is 11.5 Å². The van der Waals surface area contributed by atoms with Gasteiger partial charge < -0.3 is 20.4 Å². The highest BCUT2D eigenvalue weighted by molar-refractivity contribution is 7.99. The quantitative estimate of drug-likeness (QED) is 0.662. The number of carboxylic acids is 1. The van der Waals surface area contributed by atoms with Crippen molar-refractivity contribution in [2.45, 2.75) is 25.5 Å². The van der Waals surface area contributed by atoms with Crippen molar-refractivity contribution in [1.82, 2.24) is 10.2 Å². The zero-order valence-electron chi connectivity index (χ0n) is 9.76. The number of amides is 2. The van der Waals surface area contributed by atoms with E-state index in [4.69, 9.17) is 10.2 Å². The molecule has 98 valence electrons. The lowest BCUT2D eigenvalue weighted by Crippen LogP contribution is -2.49. The summed E-state index contributed by atoms with van der Waals surface area (Å²) in [6.45, 7) is 2.86. The summed E-state index contributed by atoms with van der Waals surface area (Å²) in [6.07, 6.45) is -1.39. The molecule has 0 aromatic heterocycles. The second kappa shape index (κ2) is 6.70. The number of aliphatic carboxylic acids is 1. The Hall–Kier alpha value is -0.950. The van der Waals surface area contributed by atoms with Crippen LogP contribution in [0.5, 0.6) is 0 Å². The van der Waals surface area contributed by atoms with Crippen LogP contribution in [-0.2, 0) is 4.79 Å². The molecule has 0 saturated carbocycles. The summed E-state index contributed by atoms with van der Waals surface area (Å²) in [5.74, 6) is 0.586. The van der Waals surface area contributed by atoms with Gasteiger partial charge in [-0.15, -0.1) is 0 Å². The molecule has 0 aliphatic carbocycles. The number of hydrogen-bond donors (Lipinski definition) is 3. The van der Waals surface area contributed by atoms with Crippen molar-refractivity contribution in [2.24, 2.45) is 0 Å². The minimum atomic E-state index is -1.41. The predicted octanol–water partition coefficient (Wildman–Crippen LogP) is -0.0311. The summed E-state index contributed by atoms with van der Waals surface area (Å²) in [5, 5.41) is 20.1. The molecule has 1 fully saturated rings. The highest BCUT2D eigenvalue weighted by atomic mass is 32.2. The van der Waals surface area contributed by atoms with Gasteiger partial charge in [-0.1, -0.05) is 0 Å². The van der Waals surface area contributed by atoms with Gasteiger partial charge >= 0.3 is 12.0 Å². The second-order valence-electron chi connectivity index (χ2n) is 3.99. The lowest BCUT2D eigenvalue weighted by Gasteiger charge is -2.33. The normalized spacial score (nSPS) is 22.0. The van der Waals surface area contributed by atoms with Gasteiger partial charge in [-0.3, -0.25) is 0 Å². The highest BCUT2D eigenvalue weighted by Crippen LogP contribution is 2.15. The molecule has 1 aliphatic rings. The van der Waals surface area contributed by atoms with E-state index in [0.29, 0.717) is 6.54 Å². The van der Waals surface area contributed by atoms with Crippen LogP contribution in [0.4, 0.5) is 4.79 Å². The molecule has 0 bridgehead atoms. The Morgan fingerprint density at radius 3 is 2.88 bits per heavy atom. The van der Waals surface area contributed by atoms with E-state index in [1.807, 2.05) is 18.7 Å². The molecule has 0 spiro atoms. The molecule has 0 aromatic carbocycles. The molecule has 7 heteroatoms. The minimum absolute atomic E-state index is 0.0258. The Balaban J connectivity index is 2.26. The first-order chi connectivity index (χ1) is 8.02. The topological polar surface area (TPSA) is 89.9 Å². The number of aliphatic hydroxyl groups is 1. The van der Waals surface area contributed by atoms with Crippen LogP contribution in [0.2, 0.25) is 0 Å². The number of carbonyl (C=O) groups excluding carboxylic acids is 1. The molecule has 1 heterocycles. The molecule has 3 N–H and O–H groups in total. The molecular weight excluding hydrogens is 244 g/mol. The molecule has 2 atom stereocenters. The third-order valence-electron chi connectivity index (χ3n) is 2.61. The number of thioether (sulfide) groups is 1. The lowest BCUT2D eigenvalue weighted by atomic mass is 10.2. The minimum Gasteiger partial charge on any atom is -0.479 e. The number of carbonyl (C=O) groups is 2. The first-order valence-electron chi connectivity index (χ1n) is 5.55. The van der Waals surface area contributed by atoms with Gasteiger partial charge in [0.1, 0.15) is 0 Å². The van der Waals surface area contributed by atoms with Crippen LogP contribution in [0, 0.1) is 0 Å². The molecule has 2 amide bonds. The number of nitrogens with one attached hydrogen (secondary N) is 1. The van der Waals surface area contributed by atoms with Crippen molar-refractivity contribution in [3.05, 3.63) is 0 Å². The molecular formula is C10H18N2O4S. The van der Waals surface area contributed by atoms with Crippen molar-refractivity contribution in [3.8, 4) is 0 Å². The zero-order chi connectivity index (χ0) is 12.8. The van der Waals surface area contributed by atoms with Crippen molar-refractivity contribution >= 4 is 23.8 Å². The Labute approximate surface area is 104 Å². The number of hydrogen-bond acceptors (Lipinski definition) is 4. The lowest BCUT2D eigenvalue weighted by molar-refractivity contribution is -0.146. The summed E-state index contributed by atoms with van der Waals surface area (Å²) in [5.41, 5.74) is 0. The van der Waals surface area contributed by atoms with Crippen molar-refractivity contribution in [2.75, 3.05) is 24.6 Å². The monoisotopic (exact) mass is 262 g/mol. The Morgan fingerprint density at radius 2 is 2.29 bits per heavy atom. The van der Waals surface area contributed by atoms with Crippen LogP contribution < -0.4 is 5.32 Å². The summed E-state index contributed by atoms with van der Waals surface area (Å²) in [6, 6.07) is 0.00790. The largest absolute Gasteiger partial charge is 0.479 e. The maximum atomic E-state index is 11.7. The Kier molecular flexibility index (Phi) is 5.57. The fourth-order valence-electron chi connectivity index (χ4n) is 1.57. The van der Waals surface area contributed by atoms with E-state index in [1.165, 1.54) is 0 Å². The van der Waals surface area contributed by atoms with Crippen molar-refractivity contribution < 1.29 is 19.8 Å². The van der Waals surface area contributed by atoms with Crippen LogP contribution in [-0.4, -0.2) is 63.9 Å². The number of rotatable bonds is 4. The van der Waals surface area contributed by atoms with Crippen molar-refractivity contribution in [3.63, 3.8) is 0 Å². The molecule has 1 rings (SSSR count). The summed E-state index contributed by atoms with van der Waals surface area (Å²) < 4.78 is 0. The second-order valence-corrected chi connectivity index (χ2v) is 5.14. The molecule has 1 saturated heterocycles. The van der Waals surface area contributed by atoms with Gasteiger partial charge in [0.2, 0.25) is 0 Å². The van der Waals surface area contributed by atoms with E-state index in [1.54, 1.807) is 4.90 Å². The smallest absolute Gasteiger partial charge is 0.332 e. The number of urea groups is 1. The molecule has 1 unspecified atom stereocenters. The average Bonchev–Trinajstić information content (AvgIpc) is 2.29. The van der Waals surface area contributed by atoms with E-state index >= 15 is 0 Å². The van der Waals surface area contributed by atoms with Gasteiger partial charge in [0.05, 0.1) is 0 Å². The van der Waals surface area contributed by atoms with Gasteiger partial charge in [-0.2, -0.15) is 11.8 Å². The summed E-state index contributed by atoms with van der Waals surface area (Å²) in [4.78, 5) is 23.8. The standard InChI is InChI=1S/C10H18N2O4S/c1-7-6-17-5-4-12(7)10(16)11-3-2-8(13)9(14)15/h7-8,13H,2-6H2,1H3,(H,11,16)(H,14,15)/t7?,8-/m0/s1. The SMILES string of the molecule is CC1CSCCN1C(=O)NCC[C@H](O)C(=O)O. The molecule has 0 radical (unpaired) electrons. The number of nitrogens with zero attached hydrogens (tertiary/aromatic N) is 1. The first-order valence-corrected chi connectivity index (χ1v) is 6.71. The van der Waals surface area contributed by atoms with Crippen LogP contribution >= 0.6 is 11.8 Å². The fourth-order valence-corrected chi connectivity index (χ4v) is 2.58. The third-order valence-corrected chi connectivity index (χ3v) is 3.80. The third kappa shape index (κ3) is 4.43. The van der Waals surface area contributed by atoms with Crippen LogP contribution in [0.3, 0.4) is 0 Å². The fraction of sp³-hybridized carbons (Fsp3) is 0.800. The van der Waals surface area contributed by atoms with Crippen molar-refractivity contribution in [1.29, 1.82) is 0 Å². The number of aliphatic hydroxyl groups excluding tert-OH is 1. The zero-order valence-corrected chi connectivity index (χ0v) is 10.6. The average molecular weight is 262 g/mol. The van der Waals surface area contributed by atoms with E-state index in [-0.39, 0.29) is 25.0 Å². The van der Waals surface area contributed by atoms with Gasteiger partial charge in [0.25, 0.3) is 0 Å². The summed E-state index contributed by atoms with van der Waals surface area (Å²) >= 11 is 1.82. The van der Waals surface area contributed by atoms with Gasteiger partial charge in [0.15, 0.2) is 6.10 Å².